The molecule has 0 bridgehead atoms. The van der Waals surface area contributed by atoms with Crippen LogP contribution in [-0.2, 0) is 0 Å². The molecule has 4 atom stereocenters. The Morgan fingerprint density at radius 3 is 2.57 bits per heavy atom. The monoisotopic (exact) mass is 288 g/mol. The quantitative estimate of drug-likeness (QED) is 0.638. The van der Waals surface area contributed by atoms with Crippen molar-refractivity contribution in [3.63, 3.8) is 0 Å². The smallest absolute Gasteiger partial charge is 0.0605 e. The van der Waals surface area contributed by atoms with Crippen molar-refractivity contribution in [2.45, 2.75) is 72.3 Å². The van der Waals surface area contributed by atoms with Gasteiger partial charge in [0, 0.05) is 5.41 Å². The van der Waals surface area contributed by atoms with Gasteiger partial charge in [-0.2, -0.15) is 0 Å². The molecule has 0 unspecified atom stereocenters. The molecule has 0 aromatic rings. The molecule has 0 saturated heterocycles. The van der Waals surface area contributed by atoms with Gasteiger partial charge in [0.15, 0.2) is 0 Å². The zero-order valence-electron chi connectivity index (χ0n) is 14.3. The van der Waals surface area contributed by atoms with E-state index in [-0.39, 0.29) is 11.5 Å². The van der Waals surface area contributed by atoms with E-state index in [0.717, 1.165) is 32.1 Å². The van der Waals surface area contributed by atoms with E-state index in [4.69, 9.17) is 0 Å². The van der Waals surface area contributed by atoms with Crippen molar-refractivity contribution in [1.82, 2.24) is 0 Å². The van der Waals surface area contributed by atoms with Crippen LogP contribution < -0.4 is 0 Å². The lowest BCUT2D eigenvalue weighted by atomic mass is 9.70. The molecular formula is C20H32O. The van der Waals surface area contributed by atoms with Gasteiger partial charge >= 0.3 is 0 Å². The van der Waals surface area contributed by atoms with E-state index >= 15 is 0 Å². The minimum atomic E-state index is -0.196. The number of hydrogen-bond acceptors (Lipinski definition) is 1. The Labute approximate surface area is 130 Å². The van der Waals surface area contributed by atoms with Gasteiger partial charge < -0.3 is 5.11 Å². The standard InChI is InChI=1S/C20H32O/c1-14(2)17-13-19(21)20(5)12-11-16(4)8-6-7-15(3)9-10-18(17)20/h7,11,17-19,21H,1,6,8-10,12-13H2,2-5H3/b15-7+,16-11?/t17-,18+,19-,20-/m1/s1. The highest BCUT2D eigenvalue weighted by Gasteiger charge is 2.50. The predicted molar refractivity (Wildman–Crippen MR) is 91.1 cm³/mol. The second-order valence-electron chi connectivity index (χ2n) is 7.70. The summed E-state index contributed by atoms with van der Waals surface area (Å²) in [5.41, 5.74) is 4.23. The van der Waals surface area contributed by atoms with E-state index in [0.29, 0.717) is 11.8 Å². The van der Waals surface area contributed by atoms with Gasteiger partial charge in [-0.05, 0) is 71.1 Å². The van der Waals surface area contributed by atoms with E-state index in [2.05, 4.69) is 46.4 Å². The average Bonchev–Trinajstić information content (AvgIpc) is 2.65. The molecule has 0 heterocycles. The summed E-state index contributed by atoms with van der Waals surface area (Å²) >= 11 is 0. The van der Waals surface area contributed by atoms with Crippen LogP contribution in [0.3, 0.4) is 0 Å². The molecule has 0 aliphatic heterocycles. The third-order valence-electron chi connectivity index (χ3n) is 5.98. The highest BCUT2D eigenvalue weighted by molar-refractivity contribution is 5.15. The number of aliphatic hydroxyl groups is 1. The van der Waals surface area contributed by atoms with Crippen LogP contribution in [0, 0.1) is 17.3 Å². The first kappa shape index (κ1) is 16.5. The SMILES string of the molecule is C=C(C)[C@H]1C[C@@H](O)[C@]2(C)CC=C(C)CC/C=C(\C)CC[C@@H]12. The zero-order chi connectivity index (χ0) is 15.6. The second-order valence-corrected chi connectivity index (χ2v) is 7.70. The van der Waals surface area contributed by atoms with Crippen LogP contribution in [0.25, 0.3) is 0 Å². The first-order valence-corrected chi connectivity index (χ1v) is 8.49. The third kappa shape index (κ3) is 3.51. The number of aliphatic hydroxyl groups excluding tert-OH is 1. The van der Waals surface area contributed by atoms with Crippen molar-refractivity contribution < 1.29 is 5.11 Å². The van der Waals surface area contributed by atoms with Crippen molar-refractivity contribution in [1.29, 1.82) is 0 Å². The van der Waals surface area contributed by atoms with Gasteiger partial charge in [0.2, 0.25) is 0 Å². The van der Waals surface area contributed by atoms with Crippen molar-refractivity contribution in [2.24, 2.45) is 17.3 Å². The Kier molecular flexibility index (Phi) is 5.14. The molecule has 2 aliphatic carbocycles. The van der Waals surface area contributed by atoms with Gasteiger partial charge in [-0.15, -0.1) is 0 Å². The van der Waals surface area contributed by atoms with Gasteiger partial charge in [0.05, 0.1) is 6.10 Å². The van der Waals surface area contributed by atoms with E-state index in [1.807, 2.05) is 0 Å². The predicted octanol–water partition coefficient (Wildman–Crippen LogP) is 5.42. The molecule has 1 N–H and O–H groups in total. The summed E-state index contributed by atoms with van der Waals surface area (Å²) in [5.74, 6) is 1.03. The minimum Gasteiger partial charge on any atom is -0.393 e. The summed E-state index contributed by atoms with van der Waals surface area (Å²) in [5, 5.41) is 10.7. The summed E-state index contributed by atoms with van der Waals surface area (Å²) in [6.07, 6.45) is 11.1. The summed E-state index contributed by atoms with van der Waals surface area (Å²) in [6.45, 7) is 13.1. The van der Waals surface area contributed by atoms with E-state index < -0.39 is 0 Å². The van der Waals surface area contributed by atoms with Crippen LogP contribution in [-0.4, -0.2) is 11.2 Å². The van der Waals surface area contributed by atoms with Gasteiger partial charge in [-0.1, -0.05) is 42.4 Å². The molecule has 0 aromatic heterocycles. The Hall–Kier alpha value is -0.820. The molecule has 118 valence electrons. The van der Waals surface area contributed by atoms with Gasteiger partial charge in [-0.25, -0.2) is 0 Å². The molecule has 21 heavy (non-hydrogen) atoms. The molecule has 1 fully saturated rings. The van der Waals surface area contributed by atoms with Gasteiger partial charge in [0.1, 0.15) is 0 Å². The Morgan fingerprint density at radius 2 is 1.90 bits per heavy atom. The van der Waals surface area contributed by atoms with Crippen molar-refractivity contribution >= 4 is 0 Å². The van der Waals surface area contributed by atoms with E-state index in [9.17, 15) is 5.11 Å². The molecule has 0 amide bonds. The van der Waals surface area contributed by atoms with Crippen molar-refractivity contribution in [3.05, 3.63) is 35.5 Å². The van der Waals surface area contributed by atoms with E-state index in [1.54, 1.807) is 0 Å². The van der Waals surface area contributed by atoms with Crippen molar-refractivity contribution in [3.8, 4) is 0 Å². The van der Waals surface area contributed by atoms with Gasteiger partial charge in [-0.3, -0.25) is 0 Å². The van der Waals surface area contributed by atoms with Crippen LogP contribution in [0.4, 0.5) is 0 Å². The lowest BCUT2D eigenvalue weighted by Crippen LogP contribution is -2.33. The summed E-state index contributed by atoms with van der Waals surface area (Å²) < 4.78 is 0. The second kappa shape index (κ2) is 6.52. The topological polar surface area (TPSA) is 20.2 Å². The van der Waals surface area contributed by atoms with Crippen LogP contribution in [0.5, 0.6) is 0 Å². The Balaban J connectivity index is 2.33. The highest BCUT2D eigenvalue weighted by atomic mass is 16.3. The third-order valence-corrected chi connectivity index (χ3v) is 5.98. The summed E-state index contributed by atoms with van der Waals surface area (Å²) in [4.78, 5) is 0. The molecular weight excluding hydrogens is 256 g/mol. The summed E-state index contributed by atoms with van der Waals surface area (Å²) in [7, 11) is 0. The largest absolute Gasteiger partial charge is 0.393 e. The van der Waals surface area contributed by atoms with Crippen molar-refractivity contribution in [2.75, 3.05) is 0 Å². The molecule has 0 aromatic carbocycles. The molecule has 0 radical (unpaired) electrons. The van der Waals surface area contributed by atoms with E-state index in [1.165, 1.54) is 23.1 Å². The zero-order valence-corrected chi connectivity index (χ0v) is 14.3. The highest BCUT2D eigenvalue weighted by Crippen LogP contribution is 2.54. The maximum atomic E-state index is 10.7. The first-order chi connectivity index (χ1) is 9.84. The molecule has 2 aliphatic rings. The fourth-order valence-corrected chi connectivity index (χ4v) is 4.27. The average molecular weight is 288 g/mol. The van der Waals surface area contributed by atoms with Crippen LogP contribution >= 0.6 is 0 Å². The fraction of sp³-hybridized carbons (Fsp3) is 0.700. The first-order valence-electron chi connectivity index (χ1n) is 8.49. The maximum Gasteiger partial charge on any atom is 0.0605 e. The van der Waals surface area contributed by atoms with Crippen LogP contribution in [0.15, 0.2) is 35.5 Å². The van der Waals surface area contributed by atoms with Crippen LogP contribution in [0.1, 0.15) is 66.2 Å². The lowest BCUT2D eigenvalue weighted by Gasteiger charge is -2.36. The van der Waals surface area contributed by atoms with Gasteiger partial charge in [0.25, 0.3) is 0 Å². The molecule has 1 nitrogen and oxygen atoms in total. The van der Waals surface area contributed by atoms with Crippen LogP contribution in [0.2, 0.25) is 0 Å². The minimum absolute atomic E-state index is 0.00942. The molecule has 1 saturated carbocycles. The Bertz CT molecular complexity index is 456. The number of hydrogen-bond donors (Lipinski definition) is 1. The maximum absolute atomic E-state index is 10.7. The number of fused-ring (bicyclic) bond motifs is 1. The lowest BCUT2D eigenvalue weighted by molar-refractivity contribution is 0.0380. The fourth-order valence-electron chi connectivity index (χ4n) is 4.27. The number of rotatable bonds is 1. The molecule has 2 rings (SSSR count). The molecule has 0 spiro atoms. The summed E-state index contributed by atoms with van der Waals surface area (Å²) in [6, 6.07) is 0. The molecule has 1 heteroatoms. The Morgan fingerprint density at radius 1 is 1.24 bits per heavy atom. The normalized spacial score (nSPS) is 40.5. The number of allylic oxidation sites excluding steroid dienone is 5.